The summed E-state index contributed by atoms with van der Waals surface area (Å²) < 4.78 is 0. The predicted molar refractivity (Wildman–Crippen MR) is 76.0 cm³/mol. The fourth-order valence-corrected chi connectivity index (χ4v) is 1.60. The Morgan fingerprint density at radius 3 is 1.76 bits per heavy atom. The summed E-state index contributed by atoms with van der Waals surface area (Å²) >= 11 is 5.81. The molecule has 2 rings (SSSR count). The van der Waals surface area contributed by atoms with Crippen LogP contribution in [0.2, 0.25) is 5.02 Å². The molecule has 0 bridgehead atoms. The van der Waals surface area contributed by atoms with Gasteiger partial charge in [-0.2, -0.15) is 0 Å². The van der Waals surface area contributed by atoms with Crippen LogP contribution in [0.25, 0.3) is 12.2 Å². The highest BCUT2D eigenvalue weighted by atomic mass is 35.5. The van der Waals surface area contributed by atoms with E-state index in [0.29, 0.717) is 0 Å². The van der Waals surface area contributed by atoms with Crippen LogP contribution in [0.1, 0.15) is 11.1 Å². The second kappa shape index (κ2) is 6.07. The highest BCUT2D eigenvalue weighted by molar-refractivity contribution is 6.30. The zero-order valence-electron chi connectivity index (χ0n) is 9.38. The molecule has 1 heteroatoms. The molecule has 0 amide bonds. The normalized spacial score (nSPS) is 11.4. The maximum Gasteiger partial charge on any atom is 0.0406 e. The van der Waals surface area contributed by atoms with Gasteiger partial charge in [0.05, 0.1) is 0 Å². The van der Waals surface area contributed by atoms with Gasteiger partial charge >= 0.3 is 0 Å². The molecule has 2 aromatic rings. The van der Waals surface area contributed by atoms with Crippen molar-refractivity contribution in [2.75, 3.05) is 0 Å². The summed E-state index contributed by atoms with van der Waals surface area (Å²) in [6.07, 6.45) is 8.18. The molecule has 0 aliphatic heterocycles. The molecule has 0 aliphatic carbocycles. The van der Waals surface area contributed by atoms with Crippen molar-refractivity contribution < 1.29 is 0 Å². The van der Waals surface area contributed by atoms with Gasteiger partial charge in [0.25, 0.3) is 0 Å². The zero-order valence-corrected chi connectivity index (χ0v) is 10.1. The van der Waals surface area contributed by atoms with Crippen LogP contribution in [0.4, 0.5) is 0 Å². The summed E-state index contributed by atoms with van der Waals surface area (Å²) in [5.41, 5.74) is 2.35. The van der Waals surface area contributed by atoms with Crippen molar-refractivity contribution in [2.45, 2.75) is 0 Å². The lowest BCUT2D eigenvalue weighted by molar-refractivity contribution is 1.65. The maximum atomic E-state index is 5.81. The van der Waals surface area contributed by atoms with Crippen molar-refractivity contribution in [1.82, 2.24) is 0 Å². The van der Waals surface area contributed by atoms with Gasteiger partial charge in [-0.15, -0.1) is 0 Å². The molecule has 17 heavy (non-hydrogen) atoms. The first kappa shape index (κ1) is 11.7. The van der Waals surface area contributed by atoms with Gasteiger partial charge in [0, 0.05) is 5.02 Å². The Morgan fingerprint density at radius 1 is 0.647 bits per heavy atom. The minimum atomic E-state index is 0.766. The maximum absolute atomic E-state index is 5.81. The van der Waals surface area contributed by atoms with E-state index in [0.717, 1.165) is 10.6 Å². The predicted octanol–water partition coefficient (Wildman–Crippen LogP) is 5.07. The minimum Gasteiger partial charge on any atom is -0.0843 e. The molecule has 0 heterocycles. The fourth-order valence-electron chi connectivity index (χ4n) is 1.47. The van der Waals surface area contributed by atoms with Crippen molar-refractivity contribution in [3.63, 3.8) is 0 Å². The number of hydrogen-bond donors (Lipinski definition) is 0. The van der Waals surface area contributed by atoms with E-state index in [-0.39, 0.29) is 0 Å². The molecule has 0 radical (unpaired) electrons. The van der Waals surface area contributed by atoms with Gasteiger partial charge in [-0.1, -0.05) is 78.4 Å². The van der Waals surface area contributed by atoms with Crippen LogP contribution >= 0.6 is 11.6 Å². The molecule has 0 spiro atoms. The first-order valence-corrected chi connectivity index (χ1v) is 5.88. The summed E-state index contributed by atoms with van der Waals surface area (Å²) in [6, 6.07) is 18.0. The minimum absolute atomic E-state index is 0.766. The average molecular weight is 241 g/mol. The van der Waals surface area contributed by atoms with E-state index in [1.54, 1.807) is 0 Å². The Kier molecular flexibility index (Phi) is 4.17. The van der Waals surface area contributed by atoms with E-state index in [1.807, 2.05) is 54.6 Å². The molecule has 0 unspecified atom stereocenters. The van der Waals surface area contributed by atoms with Crippen LogP contribution in [-0.4, -0.2) is 0 Å². The van der Waals surface area contributed by atoms with Crippen molar-refractivity contribution in [3.8, 4) is 0 Å². The lowest BCUT2D eigenvalue weighted by atomic mass is 10.2. The van der Waals surface area contributed by atoms with Crippen LogP contribution in [0.15, 0.2) is 66.7 Å². The van der Waals surface area contributed by atoms with E-state index in [4.69, 9.17) is 11.6 Å². The van der Waals surface area contributed by atoms with E-state index >= 15 is 0 Å². The molecule has 0 aliphatic rings. The molecule has 0 atom stereocenters. The standard InChI is InChI=1S/C16H13Cl/c17-16-12-10-15(11-13-16)9-5-4-8-14-6-2-1-3-7-14/h1-13H/b8-4-,9-5-. The first-order valence-electron chi connectivity index (χ1n) is 5.50. The van der Waals surface area contributed by atoms with Gasteiger partial charge in [0.2, 0.25) is 0 Å². The highest BCUT2D eigenvalue weighted by Crippen LogP contribution is 2.10. The number of halogens is 1. The Hall–Kier alpha value is -1.79. The van der Waals surface area contributed by atoms with Crippen molar-refractivity contribution in [3.05, 3.63) is 82.9 Å². The molecule has 0 saturated carbocycles. The number of rotatable bonds is 3. The first-order chi connectivity index (χ1) is 8.34. The van der Waals surface area contributed by atoms with Gasteiger partial charge in [-0.05, 0) is 23.3 Å². The van der Waals surface area contributed by atoms with Crippen LogP contribution in [0, 0.1) is 0 Å². The molecule has 84 valence electrons. The highest BCUT2D eigenvalue weighted by Gasteiger charge is 1.86. The summed E-state index contributed by atoms with van der Waals surface area (Å²) in [6.45, 7) is 0. The molecule has 0 fully saturated rings. The van der Waals surface area contributed by atoms with E-state index in [2.05, 4.69) is 24.3 Å². The number of allylic oxidation sites excluding steroid dienone is 2. The van der Waals surface area contributed by atoms with Gasteiger partial charge in [-0.3, -0.25) is 0 Å². The van der Waals surface area contributed by atoms with Crippen molar-refractivity contribution in [2.24, 2.45) is 0 Å². The third-order valence-corrected chi connectivity index (χ3v) is 2.61. The smallest absolute Gasteiger partial charge is 0.0406 e. The van der Waals surface area contributed by atoms with E-state index in [9.17, 15) is 0 Å². The second-order valence-electron chi connectivity index (χ2n) is 3.68. The number of benzene rings is 2. The second-order valence-corrected chi connectivity index (χ2v) is 4.12. The lowest BCUT2D eigenvalue weighted by Crippen LogP contribution is -1.70. The third kappa shape index (κ3) is 3.93. The third-order valence-electron chi connectivity index (χ3n) is 2.36. The van der Waals surface area contributed by atoms with Crippen molar-refractivity contribution in [1.29, 1.82) is 0 Å². The zero-order chi connectivity index (χ0) is 11.9. The summed E-state index contributed by atoms with van der Waals surface area (Å²) in [5.74, 6) is 0. The molecule has 0 nitrogen and oxygen atoms in total. The number of hydrogen-bond acceptors (Lipinski definition) is 0. The Balaban J connectivity index is 1.98. The Morgan fingerprint density at radius 2 is 1.18 bits per heavy atom. The molecule has 0 saturated heterocycles. The average Bonchev–Trinajstić information content (AvgIpc) is 2.38. The summed E-state index contributed by atoms with van der Waals surface area (Å²) in [7, 11) is 0. The van der Waals surface area contributed by atoms with Gasteiger partial charge < -0.3 is 0 Å². The SMILES string of the molecule is Clc1ccc(/C=C\C=C/c2ccccc2)cc1. The van der Waals surface area contributed by atoms with Crippen LogP contribution < -0.4 is 0 Å². The Labute approximate surface area is 107 Å². The summed E-state index contributed by atoms with van der Waals surface area (Å²) in [4.78, 5) is 0. The van der Waals surface area contributed by atoms with Crippen LogP contribution in [0.5, 0.6) is 0 Å². The van der Waals surface area contributed by atoms with Crippen LogP contribution in [-0.2, 0) is 0 Å². The quantitative estimate of drug-likeness (QED) is 0.658. The molecule has 0 N–H and O–H groups in total. The van der Waals surface area contributed by atoms with Gasteiger partial charge in [0.1, 0.15) is 0 Å². The molecule has 0 aromatic heterocycles. The lowest BCUT2D eigenvalue weighted by Gasteiger charge is -1.92. The topological polar surface area (TPSA) is 0 Å². The largest absolute Gasteiger partial charge is 0.0843 e. The molecular weight excluding hydrogens is 228 g/mol. The van der Waals surface area contributed by atoms with Crippen LogP contribution in [0.3, 0.4) is 0 Å². The summed E-state index contributed by atoms with van der Waals surface area (Å²) in [5, 5.41) is 0.766. The Bertz CT molecular complexity index is 507. The van der Waals surface area contributed by atoms with E-state index in [1.165, 1.54) is 5.56 Å². The van der Waals surface area contributed by atoms with Crippen molar-refractivity contribution >= 4 is 23.8 Å². The van der Waals surface area contributed by atoms with E-state index < -0.39 is 0 Å². The molecular formula is C16H13Cl. The fraction of sp³-hybridized carbons (Fsp3) is 0. The monoisotopic (exact) mass is 240 g/mol. The molecule has 2 aromatic carbocycles. The van der Waals surface area contributed by atoms with Gasteiger partial charge in [0.15, 0.2) is 0 Å². The van der Waals surface area contributed by atoms with Gasteiger partial charge in [-0.25, -0.2) is 0 Å².